The number of anilines is 1. The molecule has 38 heavy (non-hydrogen) atoms. The smallest absolute Gasteiger partial charge is 0.0623 e. The van der Waals surface area contributed by atoms with Crippen LogP contribution in [0.4, 0.5) is 5.69 Å². The Morgan fingerprint density at radius 1 is 1.05 bits per heavy atom. The number of nitrogens with one attached hydrogen (secondary N) is 2. The summed E-state index contributed by atoms with van der Waals surface area (Å²) in [5.41, 5.74) is 7.16. The lowest BCUT2D eigenvalue weighted by Crippen LogP contribution is -2.24. The first-order valence-corrected chi connectivity index (χ1v) is 13.2. The third kappa shape index (κ3) is 8.74. The summed E-state index contributed by atoms with van der Waals surface area (Å²) >= 11 is 0. The third-order valence-corrected chi connectivity index (χ3v) is 6.16. The molecule has 4 heteroatoms. The van der Waals surface area contributed by atoms with Gasteiger partial charge in [0, 0.05) is 37.7 Å². The minimum atomic E-state index is 0.882. The third-order valence-electron chi connectivity index (χ3n) is 6.16. The predicted octanol–water partition coefficient (Wildman–Crippen LogP) is 8.28. The molecule has 0 fully saturated rings. The molecule has 0 spiro atoms. The summed E-state index contributed by atoms with van der Waals surface area (Å²) < 4.78 is 0. The monoisotopic (exact) mass is 508 g/mol. The fraction of sp³-hybridized carbons (Fsp3) is 0.235. The summed E-state index contributed by atoms with van der Waals surface area (Å²) in [6.07, 6.45) is 25.3. The standard InChI is InChI=1S/C34H44N4/c1-8-12-14-15-16-27-37(26-13-9-2)28(5)31-17-19-32(20-18-31)36-33-21-22-34(30(11-4)23-24-35-7)38(25-10-3)29(33)6/h8-12,14,17-25,35-36H,1-2,5-6,13,15-16,26-27H2,3-4,7H3/b14-12+,24-23-,25-10-,30-11+. The molecule has 1 aromatic rings. The van der Waals surface area contributed by atoms with Gasteiger partial charge in [0.1, 0.15) is 0 Å². The average molecular weight is 509 g/mol. The lowest BCUT2D eigenvalue weighted by Gasteiger charge is -2.31. The summed E-state index contributed by atoms with van der Waals surface area (Å²) in [5, 5.41) is 6.61. The molecule has 0 bridgehead atoms. The van der Waals surface area contributed by atoms with Crippen LogP contribution < -0.4 is 10.6 Å². The first-order valence-electron chi connectivity index (χ1n) is 13.2. The minimum Gasteiger partial charge on any atom is -0.394 e. The van der Waals surface area contributed by atoms with Crippen LogP contribution in [0.1, 0.15) is 38.7 Å². The quantitative estimate of drug-likeness (QED) is 0.134. The number of rotatable bonds is 16. The predicted molar refractivity (Wildman–Crippen MR) is 168 cm³/mol. The topological polar surface area (TPSA) is 30.5 Å². The van der Waals surface area contributed by atoms with E-state index in [1.165, 1.54) is 0 Å². The van der Waals surface area contributed by atoms with Gasteiger partial charge in [-0.25, -0.2) is 0 Å². The largest absolute Gasteiger partial charge is 0.394 e. The van der Waals surface area contributed by atoms with Crippen LogP contribution in [-0.4, -0.2) is 29.9 Å². The molecule has 4 nitrogen and oxygen atoms in total. The van der Waals surface area contributed by atoms with Crippen molar-refractivity contribution >= 4 is 11.4 Å². The zero-order valence-electron chi connectivity index (χ0n) is 23.4. The molecule has 0 amide bonds. The van der Waals surface area contributed by atoms with Crippen molar-refractivity contribution in [1.29, 1.82) is 0 Å². The van der Waals surface area contributed by atoms with Crippen LogP contribution in [0, 0.1) is 0 Å². The lowest BCUT2D eigenvalue weighted by atomic mass is 10.0. The van der Waals surface area contributed by atoms with Crippen LogP contribution in [0.5, 0.6) is 0 Å². The normalized spacial score (nSPS) is 14.1. The fourth-order valence-corrected chi connectivity index (χ4v) is 4.09. The Hall–Kier alpha value is -4.18. The van der Waals surface area contributed by atoms with Crippen molar-refractivity contribution in [3.63, 3.8) is 0 Å². The van der Waals surface area contributed by atoms with Crippen LogP contribution >= 0.6 is 0 Å². The van der Waals surface area contributed by atoms with Gasteiger partial charge in [-0.2, -0.15) is 0 Å². The summed E-state index contributed by atoms with van der Waals surface area (Å²) in [4.78, 5) is 4.45. The molecule has 0 aliphatic carbocycles. The molecular formula is C34H44N4. The van der Waals surface area contributed by atoms with Crippen LogP contribution in [-0.2, 0) is 0 Å². The zero-order chi connectivity index (χ0) is 27.8. The molecule has 0 saturated carbocycles. The molecule has 2 N–H and O–H groups in total. The highest BCUT2D eigenvalue weighted by molar-refractivity contribution is 5.66. The van der Waals surface area contributed by atoms with Crippen molar-refractivity contribution in [3.8, 4) is 0 Å². The first-order chi connectivity index (χ1) is 18.5. The van der Waals surface area contributed by atoms with Crippen molar-refractivity contribution in [2.75, 3.05) is 25.5 Å². The van der Waals surface area contributed by atoms with Gasteiger partial charge in [-0.3, -0.25) is 0 Å². The van der Waals surface area contributed by atoms with E-state index < -0.39 is 0 Å². The number of hydrogen-bond donors (Lipinski definition) is 2. The Balaban J connectivity index is 2.18. The van der Waals surface area contributed by atoms with E-state index in [1.54, 1.807) is 0 Å². The van der Waals surface area contributed by atoms with E-state index in [9.17, 15) is 0 Å². The molecule has 0 atom stereocenters. The van der Waals surface area contributed by atoms with E-state index in [0.29, 0.717) is 0 Å². The zero-order valence-corrected chi connectivity index (χ0v) is 23.4. The SMILES string of the molecule is C=C/C=C/CCCN(CCC=C)C(=C)c1ccc(NC2=CC=C(C(/C=C\NC)=C/C)N(/C=C\C)C2=C)cc1. The molecule has 1 aliphatic rings. The van der Waals surface area contributed by atoms with Gasteiger partial charge >= 0.3 is 0 Å². The number of benzene rings is 1. The van der Waals surface area contributed by atoms with Crippen molar-refractivity contribution in [3.05, 3.63) is 146 Å². The molecule has 1 aliphatic heterocycles. The van der Waals surface area contributed by atoms with Crippen LogP contribution in [0.2, 0.25) is 0 Å². The highest BCUT2D eigenvalue weighted by atomic mass is 15.2. The van der Waals surface area contributed by atoms with E-state index >= 15 is 0 Å². The molecule has 1 heterocycles. The molecule has 2 rings (SSSR count). The Morgan fingerprint density at radius 2 is 1.82 bits per heavy atom. The summed E-state index contributed by atoms with van der Waals surface area (Å²) in [7, 11) is 1.90. The Kier molecular flexibility index (Phi) is 13.1. The van der Waals surface area contributed by atoms with E-state index in [1.807, 2.05) is 57.6 Å². The molecule has 200 valence electrons. The van der Waals surface area contributed by atoms with Gasteiger partial charge in [-0.15, -0.1) is 6.58 Å². The van der Waals surface area contributed by atoms with E-state index in [2.05, 4.69) is 101 Å². The maximum absolute atomic E-state index is 4.41. The molecule has 0 aromatic heterocycles. The second-order valence-corrected chi connectivity index (χ2v) is 8.82. The van der Waals surface area contributed by atoms with Crippen LogP contribution in [0.3, 0.4) is 0 Å². The molecule has 0 radical (unpaired) electrons. The van der Waals surface area contributed by atoms with Crippen molar-refractivity contribution in [2.24, 2.45) is 0 Å². The lowest BCUT2D eigenvalue weighted by molar-refractivity contribution is 0.398. The van der Waals surface area contributed by atoms with Gasteiger partial charge in [0.15, 0.2) is 0 Å². The van der Waals surface area contributed by atoms with E-state index in [0.717, 1.165) is 72.0 Å². The minimum absolute atomic E-state index is 0.882. The van der Waals surface area contributed by atoms with Crippen molar-refractivity contribution in [1.82, 2.24) is 15.1 Å². The molecular weight excluding hydrogens is 464 g/mol. The second kappa shape index (κ2) is 16.5. The van der Waals surface area contributed by atoms with Crippen LogP contribution in [0.25, 0.3) is 5.70 Å². The van der Waals surface area contributed by atoms with E-state index in [-0.39, 0.29) is 0 Å². The van der Waals surface area contributed by atoms with Gasteiger partial charge in [-0.1, -0.05) is 68.3 Å². The Labute approximate surface area is 230 Å². The maximum Gasteiger partial charge on any atom is 0.0623 e. The van der Waals surface area contributed by atoms with Gasteiger partial charge in [0.05, 0.1) is 17.1 Å². The van der Waals surface area contributed by atoms with Crippen molar-refractivity contribution < 1.29 is 0 Å². The van der Waals surface area contributed by atoms with Gasteiger partial charge in [0.25, 0.3) is 0 Å². The van der Waals surface area contributed by atoms with Gasteiger partial charge in [0.2, 0.25) is 0 Å². The maximum atomic E-state index is 4.41. The molecule has 1 aromatic carbocycles. The number of nitrogens with zero attached hydrogens (tertiary/aromatic N) is 2. The Morgan fingerprint density at radius 3 is 2.45 bits per heavy atom. The highest BCUT2D eigenvalue weighted by Gasteiger charge is 2.20. The van der Waals surface area contributed by atoms with Crippen molar-refractivity contribution in [2.45, 2.75) is 33.1 Å². The molecule has 0 saturated heterocycles. The highest BCUT2D eigenvalue weighted by Crippen LogP contribution is 2.31. The first kappa shape index (κ1) is 30.0. The number of hydrogen-bond acceptors (Lipinski definition) is 4. The summed E-state index contributed by atoms with van der Waals surface area (Å²) in [5.74, 6) is 0. The average Bonchev–Trinajstić information content (AvgIpc) is 2.93. The second-order valence-electron chi connectivity index (χ2n) is 8.82. The summed E-state index contributed by atoms with van der Waals surface area (Å²) in [6.45, 7) is 22.3. The summed E-state index contributed by atoms with van der Waals surface area (Å²) in [6, 6.07) is 8.44. The van der Waals surface area contributed by atoms with Crippen LogP contribution in [0.15, 0.2) is 140 Å². The number of unbranched alkanes of at least 4 members (excludes halogenated alkanes) is 1. The van der Waals surface area contributed by atoms with Gasteiger partial charge in [-0.05, 0) is 80.8 Å². The molecule has 0 unspecified atom stereocenters. The Bertz CT molecular complexity index is 1140. The van der Waals surface area contributed by atoms with E-state index in [4.69, 9.17) is 0 Å². The van der Waals surface area contributed by atoms with Gasteiger partial charge < -0.3 is 20.4 Å². The number of allylic oxidation sites excluding steroid dienone is 8. The fourth-order valence-electron chi connectivity index (χ4n) is 4.09.